The fourth-order valence-electron chi connectivity index (χ4n) is 3.30. The van der Waals surface area contributed by atoms with Gasteiger partial charge in [0.1, 0.15) is 5.75 Å². The van der Waals surface area contributed by atoms with Crippen LogP contribution in [-0.2, 0) is 14.4 Å². The number of anilines is 2. The maximum absolute atomic E-state index is 12.3. The highest BCUT2D eigenvalue weighted by Gasteiger charge is 2.34. The summed E-state index contributed by atoms with van der Waals surface area (Å²) in [6.45, 7) is 4.80. The van der Waals surface area contributed by atoms with Crippen molar-refractivity contribution in [3.05, 3.63) is 52.5 Å². The van der Waals surface area contributed by atoms with E-state index in [1.165, 1.54) is 0 Å². The van der Waals surface area contributed by atoms with Gasteiger partial charge < -0.3 is 20.3 Å². The molecule has 3 amide bonds. The smallest absolute Gasteiger partial charge is 0.262 e. The van der Waals surface area contributed by atoms with Gasteiger partial charge in [-0.1, -0.05) is 13.0 Å². The van der Waals surface area contributed by atoms with Gasteiger partial charge in [-0.15, -0.1) is 0 Å². The Morgan fingerprint density at radius 1 is 1.19 bits per heavy atom. The van der Waals surface area contributed by atoms with E-state index in [1.807, 2.05) is 32.0 Å². The van der Waals surface area contributed by atoms with E-state index in [9.17, 15) is 14.4 Å². The molecule has 0 radical (unpaired) electrons. The number of carbonyl (C=O) groups excluding carboxylic acids is 3. The summed E-state index contributed by atoms with van der Waals surface area (Å²) < 4.78 is 6.36. The number of benzene rings is 2. The van der Waals surface area contributed by atoms with Gasteiger partial charge in [0, 0.05) is 29.7 Å². The first-order valence-electron chi connectivity index (χ1n) is 10.2. The van der Waals surface area contributed by atoms with Crippen LogP contribution in [0.15, 0.2) is 46.9 Å². The molecule has 0 bridgehead atoms. The second-order valence-corrected chi connectivity index (χ2v) is 8.36. The molecule has 7 nitrogen and oxygen atoms in total. The molecule has 1 atom stereocenters. The van der Waals surface area contributed by atoms with Crippen LogP contribution in [0.25, 0.3) is 0 Å². The summed E-state index contributed by atoms with van der Waals surface area (Å²) in [7, 11) is 0. The number of ether oxygens (including phenoxy) is 1. The number of hydrogen-bond acceptors (Lipinski definition) is 4. The predicted molar refractivity (Wildman–Crippen MR) is 123 cm³/mol. The molecule has 31 heavy (non-hydrogen) atoms. The Hall–Kier alpha value is -2.87. The number of nitrogens with one attached hydrogen (secondary N) is 2. The first kappa shape index (κ1) is 22.8. The Kier molecular flexibility index (Phi) is 7.68. The van der Waals surface area contributed by atoms with E-state index in [-0.39, 0.29) is 36.7 Å². The second kappa shape index (κ2) is 10.4. The van der Waals surface area contributed by atoms with Crippen LogP contribution < -0.4 is 20.3 Å². The Labute approximate surface area is 190 Å². The Morgan fingerprint density at radius 3 is 2.61 bits per heavy atom. The van der Waals surface area contributed by atoms with Crippen LogP contribution in [-0.4, -0.2) is 37.4 Å². The highest BCUT2D eigenvalue weighted by Crippen LogP contribution is 2.27. The van der Waals surface area contributed by atoms with Crippen LogP contribution in [0, 0.1) is 12.8 Å². The van der Waals surface area contributed by atoms with Crippen molar-refractivity contribution in [2.75, 3.05) is 29.9 Å². The van der Waals surface area contributed by atoms with Gasteiger partial charge in [-0.05, 0) is 71.2 Å². The van der Waals surface area contributed by atoms with Crippen molar-refractivity contribution in [1.82, 2.24) is 5.32 Å². The zero-order chi connectivity index (χ0) is 22.4. The zero-order valence-electron chi connectivity index (χ0n) is 17.6. The lowest BCUT2D eigenvalue weighted by Gasteiger charge is -2.17. The van der Waals surface area contributed by atoms with Gasteiger partial charge in [0.15, 0.2) is 6.61 Å². The van der Waals surface area contributed by atoms with Crippen molar-refractivity contribution in [1.29, 1.82) is 0 Å². The molecular formula is C23H26BrN3O4. The van der Waals surface area contributed by atoms with Gasteiger partial charge in [0.25, 0.3) is 5.91 Å². The summed E-state index contributed by atoms with van der Waals surface area (Å²) >= 11 is 3.43. The number of hydrogen-bond donors (Lipinski definition) is 2. The molecule has 3 rings (SSSR count). The summed E-state index contributed by atoms with van der Waals surface area (Å²) in [4.78, 5) is 38.3. The predicted octanol–water partition coefficient (Wildman–Crippen LogP) is 3.65. The van der Waals surface area contributed by atoms with Gasteiger partial charge in [-0.2, -0.15) is 0 Å². The molecule has 1 saturated heterocycles. The minimum atomic E-state index is -0.334. The largest absolute Gasteiger partial charge is 0.484 e. The minimum Gasteiger partial charge on any atom is -0.484 e. The topological polar surface area (TPSA) is 87.7 Å². The zero-order valence-corrected chi connectivity index (χ0v) is 19.2. The van der Waals surface area contributed by atoms with Crippen LogP contribution in [0.4, 0.5) is 11.4 Å². The first-order chi connectivity index (χ1) is 14.9. The number of halogens is 1. The molecule has 2 aromatic carbocycles. The summed E-state index contributed by atoms with van der Waals surface area (Å²) in [5.41, 5.74) is 2.47. The maximum atomic E-state index is 12.3. The molecule has 0 unspecified atom stereocenters. The molecule has 1 fully saturated rings. The SMILES string of the molecule is CCCNC(=O)[C@@H]1CC(=O)N(c2ccc(OCC(=O)Nc3ccc(C)cc3Br)cc2)C1. The molecule has 0 spiro atoms. The fourth-order valence-corrected chi connectivity index (χ4v) is 3.90. The average molecular weight is 488 g/mol. The molecule has 1 aliphatic heterocycles. The number of amides is 3. The van der Waals surface area contributed by atoms with E-state index in [4.69, 9.17) is 4.74 Å². The van der Waals surface area contributed by atoms with Crippen molar-refractivity contribution in [3.8, 4) is 5.75 Å². The number of rotatable bonds is 8. The summed E-state index contributed by atoms with van der Waals surface area (Å²) in [5.74, 6) is -0.243. The van der Waals surface area contributed by atoms with Gasteiger partial charge in [-0.3, -0.25) is 14.4 Å². The van der Waals surface area contributed by atoms with Crippen molar-refractivity contribution >= 4 is 45.0 Å². The van der Waals surface area contributed by atoms with E-state index in [1.54, 1.807) is 29.2 Å². The minimum absolute atomic E-state index is 0.0756. The highest BCUT2D eigenvalue weighted by molar-refractivity contribution is 9.10. The Morgan fingerprint density at radius 2 is 1.94 bits per heavy atom. The van der Waals surface area contributed by atoms with Crippen molar-refractivity contribution in [2.24, 2.45) is 5.92 Å². The highest BCUT2D eigenvalue weighted by atomic mass is 79.9. The molecule has 1 heterocycles. The van der Waals surface area contributed by atoms with Crippen LogP contribution in [0.2, 0.25) is 0 Å². The van der Waals surface area contributed by atoms with Crippen molar-refractivity contribution in [3.63, 3.8) is 0 Å². The summed E-state index contributed by atoms with van der Waals surface area (Å²) in [6, 6.07) is 12.6. The normalized spacial score (nSPS) is 15.6. The third kappa shape index (κ3) is 6.07. The first-order valence-corrected chi connectivity index (χ1v) is 11.0. The van der Waals surface area contributed by atoms with E-state index in [2.05, 4.69) is 26.6 Å². The quantitative estimate of drug-likeness (QED) is 0.594. The van der Waals surface area contributed by atoms with Crippen LogP contribution in [0.5, 0.6) is 5.75 Å². The van der Waals surface area contributed by atoms with Crippen LogP contribution in [0.3, 0.4) is 0 Å². The van der Waals surface area contributed by atoms with Gasteiger partial charge in [0.05, 0.1) is 11.6 Å². The van der Waals surface area contributed by atoms with E-state index in [0.29, 0.717) is 30.2 Å². The van der Waals surface area contributed by atoms with Gasteiger partial charge in [0.2, 0.25) is 11.8 Å². The third-order valence-electron chi connectivity index (χ3n) is 4.96. The molecule has 0 saturated carbocycles. The van der Waals surface area contributed by atoms with Gasteiger partial charge >= 0.3 is 0 Å². The lowest BCUT2D eigenvalue weighted by atomic mass is 10.1. The number of aryl methyl sites for hydroxylation is 1. The van der Waals surface area contributed by atoms with E-state index >= 15 is 0 Å². The van der Waals surface area contributed by atoms with Crippen molar-refractivity contribution in [2.45, 2.75) is 26.7 Å². The molecule has 1 aliphatic rings. The molecule has 2 aromatic rings. The Balaban J connectivity index is 1.52. The standard InChI is InChI=1S/C23H26BrN3O4/c1-3-10-25-23(30)16-12-22(29)27(13-16)17-5-7-18(8-6-17)31-14-21(28)26-20-9-4-15(2)11-19(20)24/h4-9,11,16H,3,10,12-14H2,1-2H3,(H,25,30)(H,26,28)/t16-/m1/s1. The van der Waals surface area contributed by atoms with E-state index in [0.717, 1.165) is 16.5 Å². The monoisotopic (exact) mass is 487 g/mol. The summed E-state index contributed by atoms with van der Waals surface area (Å²) in [6.07, 6.45) is 1.07. The fraction of sp³-hybridized carbons (Fsp3) is 0.348. The lowest BCUT2D eigenvalue weighted by Crippen LogP contribution is -2.33. The second-order valence-electron chi connectivity index (χ2n) is 7.51. The van der Waals surface area contributed by atoms with Crippen LogP contribution in [0.1, 0.15) is 25.3 Å². The molecular weight excluding hydrogens is 462 g/mol. The summed E-state index contributed by atoms with van der Waals surface area (Å²) in [5, 5.41) is 5.65. The van der Waals surface area contributed by atoms with Crippen LogP contribution >= 0.6 is 15.9 Å². The van der Waals surface area contributed by atoms with Gasteiger partial charge in [-0.25, -0.2) is 0 Å². The maximum Gasteiger partial charge on any atom is 0.262 e. The lowest BCUT2D eigenvalue weighted by molar-refractivity contribution is -0.126. The molecule has 0 aliphatic carbocycles. The van der Waals surface area contributed by atoms with E-state index < -0.39 is 0 Å². The molecule has 0 aromatic heterocycles. The number of nitrogens with zero attached hydrogens (tertiary/aromatic N) is 1. The Bertz CT molecular complexity index is 962. The van der Waals surface area contributed by atoms with Crippen molar-refractivity contribution < 1.29 is 19.1 Å². The molecule has 164 valence electrons. The molecule has 2 N–H and O–H groups in total. The number of carbonyl (C=O) groups is 3. The molecule has 8 heteroatoms. The average Bonchev–Trinajstić information content (AvgIpc) is 3.14. The third-order valence-corrected chi connectivity index (χ3v) is 5.62.